The molecule has 2 nitrogen and oxygen atoms in total. The van der Waals surface area contributed by atoms with E-state index in [4.69, 9.17) is 0 Å². The Bertz CT molecular complexity index is 532. The third kappa shape index (κ3) is 2.62. The van der Waals surface area contributed by atoms with Crippen molar-refractivity contribution in [1.29, 1.82) is 0 Å². The molecule has 0 unspecified atom stereocenters. The Morgan fingerprint density at radius 3 is 1.82 bits per heavy atom. The van der Waals surface area contributed by atoms with Crippen molar-refractivity contribution in [2.75, 3.05) is 18.0 Å². The third-order valence-corrected chi connectivity index (χ3v) is 3.63. The van der Waals surface area contributed by atoms with Gasteiger partial charge in [0.1, 0.15) is 5.82 Å². The van der Waals surface area contributed by atoms with Gasteiger partial charge < -0.3 is 10.0 Å². The lowest BCUT2D eigenvalue weighted by Gasteiger charge is -2.33. The zero-order valence-electron chi connectivity index (χ0n) is 11.1. The molecule has 1 aromatic carbocycles. The number of anilines is 1. The number of nitrogens with zero attached hydrogens (tertiary/aromatic N) is 1. The average molecular weight is 331 g/mol. The second-order valence-electron chi connectivity index (χ2n) is 5.07. The molecule has 1 fully saturated rings. The van der Waals surface area contributed by atoms with Crippen molar-refractivity contribution in [2.24, 2.45) is 0 Å². The first-order valence-electron chi connectivity index (χ1n) is 6.39. The standard InChI is InChI=1S/C13H12F7NO/c14-9-7-8(3-4-10(9)21-5-1-2-6-21)11(22,12(15,16)17)13(18,19)20/h3-4,7,22H,1-2,5-6H2. The molecule has 9 heteroatoms. The van der Waals surface area contributed by atoms with Crippen molar-refractivity contribution in [2.45, 2.75) is 30.8 Å². The summed E-state index contributed by atoms with van der Waals surface area (Å²) in [5, 5.41) is 9.21. The van der Waals surface area contributed by atoms with Crippen molar-refractivity contribution in [3.8, 4) is 0 Å². The number of hydrogen-bond acceptors (Lipinski definition) is 2. The van der Waals surface area contributed by atoms with Crippen molar-refractivity contribution in [3.05, 3.63) is 29.6 Å². The molecule has 1 aliphatic heterocycles. The smallest absolute Gasteiger partial charge is 0.369 e. The summed E-state index contributed by atoms with van der Waals surface area (Å²) in [6.45, 7) is 0.943. The predicted octanol–water partition coefficient (Wildman–Crippen LogP) is 3.74. The molecular formula is C13H12F7NO. The summed E-state index contributed by atoms with van der Waals surface area (Å²) in [7, 11) is 0. The van der Waals surface area contributed by atoms with E-state index in [-0.39, 0.29) is 11.8 Å². The highest BCUT2D eigenvalue weighted by molar-refractivity contribution is 5.51. The van der Waals surface area contributed by atoms with Gasteiger partial charge in [-0.15, -0.1) is 0 Å². The van der Waals surface area contributed by atoms with Gasteiger partial charge in [0.25, 0.3) is 5.60 Å². The van der Waals surface area contributed by atoms with E-state index in [1.165, 1.54) is 4.90 Å². The van der Waals surface area contributed by atoms with E-state index in [0.29, 0.717) is 19.2 Å². The number of benzene rings is 1. The molecule has 2 rings (SSSR count). The van der Waals surface area contributed by atoms with Gasteiger partial charge in [0, 0.05) is 18.7 Å². The van der Waals surface area contributed by atoms with Gasteiger partial charge in [0.05, 0.1) is 5.69 Å². The van der Waals surface area contributed by atoms with Gasteiger partial charge in [-0.3, -0.25) is 0 Å². The predicted molar refractivity (Wildman–Crippen MR) is 63.9 cm³/mol. The maximum atomic E-state index is 13.9. The topological polar surface area (TPSA) is 23.5 Å². The number of rotatable bonds is 2. The van der Waals surface area contributed by atoms with Gasteiger partial charge in [-0.25, -0.2) is 4.39 Å². The van der Waals surface area contributed by atoms with Crippen LogP contribution in [0.2, 0.25) is 0 Å². The minimum absolute atomic E-state index is 0.0760. The van der Waals surface area contributed by atoms with Crippen LogP contribution >= 0.6 is 0 Å². The van der Waals surface area contributed by atoms with Crippen LogP contribution in [0.25, 0.3) is 0 Å². The summed E-state index contributed by atoms with van der Waals surface area (Å²) < 4.78 is 90.2. The van der Waals surface area contributed by atoms with E-state index in [0.717, 1.165) is 18.9 Å². The Hall–Kier alpha value is -1.51. The SMILES string of the molecule is OC(c1ccc(N2CCCC2)c(F)c1)(C(F)(F)F)C(F)(F)F. The Morgan fingerprint density at radius 1 is 0.909 bits per heavy atom. The lowest BCUT2D eigenvalue weighted by molar-refractivity contribution is -0.376. The minimum atomic E-state index is -6.02. The highest BCUT2D eigenvalue weighted by atomic mass is 19.4. The molecule has 0 aliphatic carbocycles. The van der Waals surface area contributed by atoms with E-state index in [1.807, 2.05) is 0 Å². The van der Waals surface area contributed by atoms with Gasteiger partial charge in [-0.1, -0.05) is 6.07 Å². The van der Waals surface area contributed by atoms with Crippen LogP contribution in [0.1, 0.15) is 18.4 Å². The van der Waals surface area contributed by atoms with E-state index in [2.05, 4.69) is 0 Å². The van der Waals surface area contributed by atoms with Gasteiger partial charge >= 0.3 is 12.4 Å². The molecule has 0 aromatic heterocycles. The molecular weight excluding hydrogens is 319 g/mol. The van der Waals surface area contributed by atoms with E-state index >= 15 is 0 Å². The van der Waals surface area contributed by atoms with Crippen LogP contribution in [-0.4, -0.2) is 30.5 Å². The van der Waals surface area contributed by atoms with E-state index in [9.17, 15) is 35.8 Å². The largest absolute Gasteiger partial charge is 0.430 e. The summed E-state index contributed by atoms with van der Waals surface area (Å²) in [5.74, 6) is -1.23. The molecule has 0 atom stereocenters. The molecule has 1 heterocycles. The highest BCUT2D eigenvalue weighted by Gasteiger charge is 2.71. The Balaban J connectivity index is 2.48. The summed E-state index contributed by atoms with van der Waals surface area (Å²) in [6.07, 6.45) is -10.5. The van der Waals surface area contributed by atoms with Gasteiger partial charge in [-0.2, -0.15) is 26.3 Å². The highest BCUT2D eigenvalue weighted by Crippen LogP contribution is 2.50. The lowest BCUT2D eigenvalue weighted by Crippen LogP contribution is -2.54. The second kappa shape index (κ2) is 5.29. The fourth-order valence-corrected chi connectivity index (χ4v) is 2.43. The van der Waals surface area contributed by atoms with Crippen molar-refractivity contribution < 1.29 is 35.8 Å². The molecule has 0 amide bonds. The Morgan fingerprint density at radius 2 is 1.41 bits per heavy atom. The van der Waals surface area contributed by atoms with E-state index < -0.39 is 29.3 Å². The fraction of sp³-hybridized carbons (Fsp3) is 0.538. The number of alkyl halides is 6. The first-order valence-corrected chi connectivity index (χ1v) is 6.39. The van der Waals surface area contributed by atoms with E-state index in [1.54, 1.807) is 0 Å². The minimum Gasteiger partial charge on any atom is -0.369 e. The van der Waals surface area contributed by atoms with Crippen LogP contribution in [0, 0.1) is 5.82 Å². The first kappa shape index (κ1) is 16.9. The fourth-order valence-electron chi connectivity index (χ4n) is 2.43. The molecule has 1 N–H and O–H groups in total. The molecule has 124 valence electrons. The Kier molecular flexibility index (Phi) is 4.05. The molecule has 0 radical (unpaired) electrons. The second-order valence-corrected chi connectivity index (χ2v) is 5.07. The van der Waals surface area contributed by atoms with Crippen molar-refractivity contribution >= 4 is 5.69 Å². The molecule has 1 aliphatic rings. The van der Waals surface area contributed by atoms with Crippen molar-refractivity contribution in [1.82, 2.24) is 0 Å². The zero-order valence-corrected chi connectivity index (χ0v) is 11.1. The van der Waals surface area contributed by atoms with Gasteiger partial charge in [0.15, 0.2) is 0 Å². The summed E-state index contributed by atoms with van der Waals surface area (Å²) in [5.41, 5.74) is -6.77. The molecule has 0 spiro atoms. The van der Waals surface area contributed by atoms with Crippen LogP contribution in [0.3, 0.4) is 0 Å². The third-order valence-electron chi connectivity index (χ3n) is 3.63. The zero-order chi connectivity index (χ0) is 16.8. The molecule has 0 bridgehead atoms. The van der Waals surface area contributed by atoms with Crippen LogP contribution in [0.5, 0.6) is 0 Å². The summed E-state index contributed by atoms with van der Waals surface area (Å²) >= 11 is 0. The number of halogens is 7. The molecule has 1 aromatic rings. The van der Waals surface area contributed by atoms with Crippen LogP contribution < -0.4 is 4.90 Å². The maximum Gasteiger partial charge on any atom is 0.430 e. The first-order chi connectivity index (χ1) is 9.98. The number of aliphatic hydroxyl groups is 1. The van der Waals surface area contributed by atoms with Crippen LogP contribution in [-0.2, 0) is 5.60 Å². The van der Waals surface area contributed by atoms with Crippen LogP contribution in [0.15, 0.2) is 18.2 Å². The summed E-state index contributed by atoms with van der Waals surface area (Å²) in [4.78, 5) is 1.53. The quantitative estimate of drug-likeness (QED) is 0.835. The van der Waals surface area contributed by atoms with Gasteiger partial charge in [0.2, 0.25) is 0 Å². The lowest BCUT2D eigenvalue weighted by atomic mass is 9.92. The summed E-state index contributed by atoms with van der Waals surface area (Å²) in [6, 6.07) is 1.38. The Labute approximate surface area is 121 Å². The van der Waals surface area contributed by atoms with Crippen molar-refractivity contribution in [3.63, 3.8) is 0 Å². The molecule has 0 saturated carbocycles. The molecule has 22 heavy (non-hydrogen) atoms. The normalized spacial score (nSPS) is 17.2. The average Bonchev–Trinajstić information content (AvgIpc) is 2.88. The molecule has 1 saturated heterocycles. The van der Waals surface area contributed by atoms with Gasteiger partial charge in [-0.05, 0) is 25.0 Å². The monoisotopic (exact) mass is 331 g/mol. The maximum absolute atomic E-state index is 13.9. The number of hydrogen-bond donors (Lipinski definition) is 1. The van der Waals surface area contributed by atoms with Crippen LogP contribution in [0.4, 0.5) is 36.4 Å².